The predicted octanol–water partition coefficient (Wildman–Crippen LogP) is 2.47. The van der Waals surface area contributed by atoms with Crippen molar-refractivity contribution in [2.24, 2.45) is 16.9 Å². The number of hydrogen-bond donors (Lipinski definition) is 2. The van der Waals surface area contributed by atoms with Crippen LogP contribution in [0.15, 0.2) is 34.2 Å². The van der Waals surface area contributed by atoms with E-state index < -0.39 is 5.91 Å². The zero-order valence-electron chi connectivity index (χ0n) is 13.3. The SMILES string of the molecule is C[C@H]1CCC[C@H](C)C1=NNC(=O)c1n[nH]c(=O)c2ccccc12. The Morgan fingerprint density at radius 1 is 1.22 bits per heavy atom. The van der Waals surface area contributed by atoms with Gasteiger partial charge in [0.15, 0.2) is 5.69 Å². The van der Waals surface area contributed by atoms with E-state index in [0.717, 1.165) is 18.6 Å². The Morgan fingerprint density at radius 3 is 2.57 bits per heavy atom. The van der Waals surface area contributed by atoms with Crippen molar-refractivity contribution in [2.45, 2.75) is 33.1 Å². The third-order valence-corrected chi connectivity index (χ3v) is 4.48. The van der Waals surface area contributed by atoms with Gasteiger partial charge in [0.05, 0.1) is 5.39 Å². The first-order chi connectivity index (χ1) is 11.1. The second kappa shape index (κ2) is 6.32. The minimum Gasteiger partial charge on any atom is -0.267 e. The van der Waals surface area contributed by atoms with Gasteiger partial charge in [-0.05, 0) is 30.7 Å². The second-order valence-electron chi connectivity index (χ2n) is 6.16. The number of hydrazone groups is 1. The molecule has 1 amide bonds. The molecule has 2 N–H and O–H groups in total. The fraction of sp³-hybridized carbons (Fsp3) is 0.412. The second-order valence-corrected chi connectivity index (χ2v) is 6.16. The topological polar surface area (TPSA) is 87.2 Å². The number of amides is 1. The van der Waals surface area contributed by atoms with Crippen LogP contribution in [-0.2, 0) is 0 Å². The summed E-state index contributed by atoms with van der Waals surface area (Å²) in [5, 5.41) is 11.6. The molecule has 0 saturated heterocycles. The highest BCUT2D eigenvalue weighted by atomic mass is 16.2. The molecule has 1 aliphatic carbocycles. The first-order valence-corrected chi connectivity index (χ1v) is 7.93. The lowest BCUT2D eigenvalue weighted by Crippen LogP contribution is -2.30. The van der Waals surface area contributed by atoms with E-state index in [9.17, 15) is 9.59 Å². The van der Waals surface area contributed by atoms with Gasteiger partial charge in [0, 0.05) is 11.1 Å². The van der Waals surface area contributed by atoms with Gasteiger partial charge in [0.1, 0.15) is 0 Å². The number of carbonyl (C=O) groups is 1. The lowest BCUT2D eigenvalue weighted by Gasteiger charge is -2.26. The van der Waals surface area contributed by atoms with Gasteiger partial charge in [-0.1, -0.05) is 38.5 Å². The molecule has 0 unspecified atom stereocenters. The third kappa shape index (κ3) is 3.02. The van der Waals surface area contributed by atoms with E-state index in [-0.39, 0.29) is 11.3 Å². The Bertz CT molecular complexity index is 813. The van der Waals surface area contributed by atoms with E-state index in [1.54, 1.807) is 24.3 Å². The fourth-order valence-electron chi connectivity index (χ4n) is 3.19. The van der Waals surface area contributed by atoms with Crippen LogP contribution in [0, 0.1) is 11.8 Å². The van der Waals surface area contributed by atoms with Gasteiger partial charge in [-0.15, -0.1) is 0 Å². The van der Waals surface area contributed by atoms with Gasteiger partial charge in [0.25, 0.3) is 11.5 Å². The molecular formula is C17H20N4O2. The van der Waals surface area contributed by atoms with Gasteiger partial charge in [0.2, 0.25) is 0 Å². The molecule has 1 saturated carbocycles. The van der Waals surface area contributed by atoms with E-state index in [0.29, 0.717) is 22.6 Å². The van der Waals surface area contributed by atoms with Crippen LogP contribution >= 0.6 is 0 Å². The zero-order valence-corrected chi connectivity index (χ0v) is 13.3. The minimum absolute atomic E-state index is 0.181. The molecule has 6 heteroatoms. The van der Waals surface area contributed by atoms with E-state index in [4.69, 9.17) is 0 Å². The van der Waals surface area contributed by atoms with Crippen LogP contribution in [0.1, 0.15) is 43.6 Å². The number of nitrogens with one attached hydrogen (secondary N) is 2. The molecule has 1 heterocycles. The van der Waals surface area contributed by atoms with Crippen molar-refractivity contribution in [2.75, 3.05) is 0 Å². The van der Waals surface area contributed by atoms with Crippen molar-refractivity contribution in [1.29, 1.82) is 0 Å². The zero-order chi connectivity index (χ0) is 16.4. The van der Waals surface area contributed by atoms with Gasteiger partial charge in [-0.3, -0.25) is 9.59 Å². The van der Waals surface area contributed by atoms with Crippen LogP contribution in [0.2, 0.25) is 0 Å². The Balaban J connectivity index is 1.90. The van der Waals surface area contributed by atoms with Crippen LogP contribution in [-0.4, -0.2) is 21.8 Å². The Hall–Kier alpha value is -2.50. The first-order valence-electron chi connectivity index (χ1n) is 7.93. The van der Waals surface area contributed by atoms with Gasteiger partial charge in [-0.25, -0.2) is 10.5 Å². The van der Waals surface area contributed by atoms with Crippen molar-refractivity contribution in [3.05, 3.63) is 40.3 Å². The van der Waals surface area contributed by atoms with Crippen LogP contribution in [0.3, 0.4) is 0 Å². The number of aromatic amines is 1. The van der Waals surface area contributed by atoms with Crippen molar-refractivity contribution in [1.82, 2.24) is 15.6 Å². The summed E-state index contributed by atoms with van der Waals surface area (Å²) in [5.41, 5.74) is 3.51. The van der Waals surface area contributed by atoms with Crippen molar-refractivity contribution in [3.63, 3.8) is 0 Å². The standard InChI is InChI=1S/C17H20N4O2/c1-10-6-5-7-11(2)14(10)18-21-17(23)15-12-8-3-4-9-13(12)16(22)20-19-15/h3-4,8-11H,5-7H2,1-2H3,(H,20,22)(H,21,23)/t10-,11-/m0/s1. The molecule has 1 aliphatic rings. The number of nitrogens with zero attached hydrogens (tertiary/aromatic N) is 2. The Labute approximate surface area is 134 Å². The molecule has 2 atom stereocenters. The fourth-order valence-corrected chi connectivity index (χ4v) is 3.19. The van der Waals surface area contributed by atoms with Crippen LogP contribution < -0.4 is 11.0 Å². The lowest BCUT2D eigenvalue weighted by molar-refractivity contribution is 0.0950. The van der Waals surface area contributed by atoms with Crippen molar-refractivity contribution >= 4 is 22.4 Å². The molecular weight excluding hydrogens is 292 g/mol. The first kappa shape index (κ1) is 15.4. The molecule has 1 aromatic heterocycles. The van der Waals surface area contributed by atoms with Gasteiger partial charge >= 0.3 is 0 Å². The number of carbonyl (C=O) groups excluding carboxylic acids is 1. The van der Waals surface area contributed by atoms with Crippen molar-refractivity contribution < 1.29 is 4.79 Å². The normalized spacial score (nSPS) is 21.2. The van der Waals surface area contributed by atoms with Gasteiger partial charge < -0.3 is 0 Å². The summed E-state index contributed by atoms with van der Waals surface area (Å²) in [7, 11) is 0. The maximum atomic E-state index is 12.4. The molecule has 120 valence electrons. The molecule has 0 spiro atoms. The molecule has 1 aromatic carbocycles. The number of H-pyrrole nitrogens is 1. The number of aromatic nitrogens is 2. The summed E-state index contributed by atoms with van der Waals surface area (Å²) in [6.45, 7) is 4.27. The molecule has 0 aliphatic heterocycles. The number of hydrogen-bond acceptors (Lipinski definition) is 4. The summed E-state index contributed by atoms with van der Waals surface area (Å²) >= 11 is 0. The van der Waals surface area contributed by atoms with E-state index in [1.807, 2.05) is 0 Å². The molecule has 3 rings (SSSR count). The molecule has 0 radical (unpaired) electrons. The van der Waals surface area contributed by atoms with E-state index in [1.165, 1.54) is 6.42 Å². The predicted molar refractivity (Wildman–Crippen MR) is 89.4 cm³/mol. The maximum absolute atomic E-state index is 12.4. The average Bonchev–Trinajstić information content (AvgIpc) is 2.55. The number of fused-ring (bicyclic) bond motifs is 1. The molecule has 0 bridgehead atoms. The minimum atomic E-state index is -0.407. The number of rotatable bonds is 2. The highest BCUT2D eigenvalue weighted by Gasteiger charge is 2.23. The summed E-state index contributed by atoms with van der Waals surface area (Å²) < 4.78 is 0. The van der Waals surface area contributed by atoms with Crippen LogP contribution in [0.25, 0.3) is 10.8 Å². The number of benzene rings is 1. The Kier molecular flexibility index (Phi) is 4.23. The van der Waals surface area contributed by atoms with Crippen molar-refractivity contribution in [3.8, 4) is 0 Å². The summed E-state index contributed by atoms with van der Waals surface area (Å²) in [5.74, 6) is 0.341. The molecule has 6 nitrogen and oxygen atoms in total. The maximum Gasteiger partial charge on any atom is 0.292 e. The van der Waals surface area contributed by atoms with E-state index in [2.05, 4.69) is 34.6 Å². The van der Waals surface area contributed by atoms with Crippen LogP contribution in [0.5, 0.6) is 0 Å². The quantitative estimate of drug-likeness (QED) is 0.835. The molecule has 23 heavy (non-hydrogen) atoms. The Morgan fingerprint density at radius 2 is 1.87 bits per heavy atom. The molecule has 1 fully saturated rings. The molecule has 2 aromatic rings. The average molecular weight is 312 g/mol. The van der Waals surface area contributed by atoms with Crippen LogP contribution in [0.4, 0.5) is 0 Å². The lowest BCUT2D eigenvalue weighted by atomic mass is 9.81. The summed E-state index contributed by atoms with van der Waals surface area (Å²) in [6, 6.07) is 6.91. The largest absolute Gasteiger partial charge is 0.292 e. The monoisotopic (exact) mass is 312 g/mol. The van der Waals surface area contributed by atoms with E-state index >= 15 is 0 Å². The summed E-state index contributed by atoms with van der Waals surface area (Å²) in [6.07, 6.45) is 3.39. The van der Waals surface area contributed by atoms with Gasteiger partial charge in [-0.2, -0.15) is 10.2 Å². The highest BCUT2D eigenvalue weighted by molar-refractivity contribution is 6.05. The summed E-state index contributed by atoms with van der Waals surface area (Å²) in [4.78, 5) is 24.2. The smallest absolute Gasteiger partial charge is 0.267 e. The highest BCUT2D eigenvalue weighted by Crippen LogP contribution is 2.25. The third-order valence-electron chi connectivity index (χ3n) is 4.48.